The third-order valence-corrected chi connectivity index (χ3v) is 8.90. The van der Waals surface area contributed by atoms with Crippen molar-refractivity contribution < 1.29 is 18.4 Å². The number of likely N-dealkylation sites (tertiary alicyclic amines) is 1. The van der Waals surface area contributed by atoms with Crippen molar-refractivity contribution in [3.05, 3.63) is 55.2 Å². The van der Waals surface area contributed by atoms with E-state index in [1.807, 2.05) is 45.7 Å². The van der Waals surface area contributed by atoms with E-state index in [-0.39, 0.29) is 29.7 Å². The Morgan fingerprint density at radius 2 is 1.30 bits per heavy atom. The van der Waals surface area contributed by atoms with Gasteiger partial charge in [0.15, 0.2) is 0 Å². The monoisotopic (exact) mass is 837 g/mol. The van der Waals surface area contributed by atoms with Crippen LogP contribution >= 0.6 is 45.2 Å². The molecule has 1 aliphatic carbocycles. The Balaban J connectivity index is 0.000000268. The Morgan fingerprint density at radius 3 is 1.66 bits per heavy atom. The van der Waals surface area contributed by atoms with Crippen molar-refractivity contribution in [2.45, 2.75) is 96.8 Å². The summed E-state index contributed by atoms with van der Waals surface area (Å²) in [5, 5.41) is 2.93. The first kappa shape index (κ1) is 38.2. The molecular weight excluding hydrogens is 790 g/mol. The summed E-state index contributed by atoms with van der Waals surface area (Å²) in [6, 6.07) is 11.5. The van der Waals surface area contributed by atoms with Crippen LogP contribution in [-0.2, 0) is 4.79 Å². The van der Waals surface area contributed by atoms with Gasteiger partial charge in [-0.25, -0.2) is 23.4 Å². The topological polar surface area (TPSA) is 68.2 Å². The molecule has 2 amide bonds. The minimum absolute atomic E-state index is 0.0106. The van der Waals surface area contributed by atoms with Crippen molar-refractivity contribution in [3.63, 3.8) is 0 Å². The number of nitrogens with one attached hydrogen (secondary N) is 1. The van der Waals surface area contributed by atoms with Crippen LogP contribution < -0.4 is 15.1 Å². The van der Waals surface area contributed by atoms with E-state index >= 15 is 0 Å². The number of benzene rings is 2. The van der Waals surface area contributed by atoms with Crippen molar-refractivity contribution in [3.8, 4) is 0 Å². The number of urea groups is 1. The summed E-state index contributed by atoms with van der Waals surface area (Å²) in [6.07, 6.45) is 9.68. The minimum atomic E-state index is -0.206. The second-order valence-corrected chi connectivity index (χ2v) is 14.4. The number of carbonyl (C=O) groups is 1. The number of aliphatic imine (C=N–C) groups is 1. The Kier molecular flexibility index (Phi) is 16.9. The second-order valence-electron chi connectivity index (χ2n) is 11.9. The summed E-state index contributed by atoms with van der Waals surface area (Å²) >= 11 is 4.30. The Hall–Kier alpha value is -1.99. The SMILES string of the molecule is CC(C)N=C=O.CC(C)NC(=O)N1CCC(N(C)c2cc(F)cc(I)c2)CC1.CN(c1cc(F)cc(I)c1)C1CCCCC1. The molecule has 1 saturated heterocycles. The third kappa shape index (κ3) is 13.6. The number of hydrogen-bond acceptors (Lipinski definition) is 5. The lowest BCUT2D eigenvalue weighted by Gasteiger charge is -2.38. The molecule has 1 heterocycles. The van der Waals surface area contributed by atoms with Gasteiger partial charge in [0.25, 0.3) is 0 Å². The maximum absolute atomic E-state index is 13.6. The molecule has 1 aliphatic heterocycles. The van der Waals surface area contributed by atoms with E-state index in [9.17, 15) is 18.4 Å². The zero-order valence-electron chi connectivity index (χ0n) is 26.8. The number of hydrogen-bond donors (Lipinski definition) is 1. The van der Waals surface area contributed by atoms with E-state index in [1.165, 1.54) is 44.3 Å². The van der Waals surface area contributed by atoms with Gasteiger partial charge in [-0.1, -0.05) is 19.3 Å². The second kappa shape index (κ2) is 19.5. The molecule has 1 N–H and O–H groups in total. The van der Waals surface area contributed by atoms with Crippen LogP contribution in [0.4, 0.5) is 25.0 Å². The Morgan fingerprint density at radius 1 is 0.841 bits per heavy atom. The summed E-state index contributed by atoms with van der Waals surface area (Å²) in [5.41, 5.74) is 1.91. The first-order valence-corrected chi connectivity index (χ1v) is 17.5. The maximum Gasteiger partial charge on any atom is 0.317 e. The van der Waals surface area contributed by atoms with E-state index in [2.05, 4.69) is 78.4 Å². The lowest BCUT2D eigenvalue weighted by Crippen LogP contribution is -2.50. The lowest BCUT2D eigenvalue weighted by molar-refractivity contribution is 0.178. The molecule has 44 heavy (non-hydrogen) atoms. The summed E-state index contributed by atoms with van der Waals surface area (Å²) < 4.78 is 28.7. The lowest BCUT2D eigenvalue weighted by atomic mass is 9.94. The molecule has 0 atom stereocenters. The predicted octanol–water partition coefficient (Wildman–Crippen LogP) is 8.38. The van der Waals surface area contributed by atoms with Crippen LogP contribution in [0.1, 0.15) is 72.6 Å². The van der Waals surface area contributed by atoms with Gasteiger partial charge in [0, 0.05) is 63.8 Å². The van der Waals surface area contributed by atoms with Gasteiger partial charge in [-0.15, -0.1) is 0 Å². The number of rotatable bonds is 6. The number of halogens is 4. The van der Waals surface area contributed by atoms with Gasteiger partial charge in [0.1, 0.15) is 11.6 Å². The van der Waals surface area contributed by atoms with Gasteiger partial charge in [0.05, 0.1) is 6.04 Å². The predicted molar refractivity (Wildman–Crippen MR) is 193 cm³/mol. The molecule has 2 aromatic rings. The molecule has 0 aromatic heterocycles. The third-order valence-electron chi connectivity index (χ3n) is 7.65. The van der Waals surface area contributed by atoms with Crippen molar-refractivity contribution in [2.75, 3.05) is 37.0 Å². The largest absolute Gasteiger partial charge is 0.371 e. The fourth-order valence-electron chi connectivity index (χ4n) is 5.28. The maximum atomic E-state index is 13.6. The highest BCUT2D eigenvalue weighted by molar-refractivity contribution is 14.1. The first-order chi connectivity index (χ1) is 20.8. The van der Waals surface area contributed by atoms with Gasteiger partial charge in [0.2, 0.25) is 6.08 Å². The number of piperidine rings is 1. The molecule has 4 rings (SSSR count). The van der Waals surface area contributed by atoms with Crippen LogP contribution in [0.3, 0.4) is 0 Å². The average molecular weight is 838 g/mol. The highest BCUT2D eigenvalue weighted by atomic mass is 127. The van der Waals surface area contributed by atoms with Gasteiger partial charge < -0.3 is 20.0 Å². The summed E-state index contributed by atoms with van der Waals surface area (Å²) in [5.74, 6) is -0.341. The molecule has 11 heteroatoms. The summed E-state index contributed by atoms with van der Waals surface area (Å²) in [6.45, 7) is 9.05. The highest BCUT2D eigenvalue weighted by Crippen LogP contribution is 2.28. The van der Waals surface area contributed by atoms with Crippen LogP contribution in [0.5, 0.6) is 0 Å². The molecule has 2 fully saturated rings. The fraction of sp³-hybridized carbons (Fsp3) is 0.576. The first-order valence-electron chi connectivity index (χ1n) is 15.3. The van der Waals surface area contributed by atoms with E-state index in [4.69, 9.17) is 0 Å². The Labute approximate surface area is 289 Å². The van der Waals surface area contributed by atoms with Crippen LogP contribution in [0, 0.1) is 18.8 Å². The molecule has 0 unspecified atom stereocenters. The molecule has 0 spiro atoms. The van der Waals surface area contributed by atoms with E-state index < -0.39 is 0 Å². The van der Waals surface area contributed by atoms with Gasteiger partial charge in [-0.05, 0) is 135 Å². The van der Waals surface area contributed by atoms with Crippen molar-refractivity contribution in [2.24, 2.45) is 4.99 Å². The number of isocyanates is 1. The normalized spacial score (nSPS) is 15.4. The molecule has 0 radical (unpaired) electrons. The van der Waals surface area contributed by atoms with Gasteiger partial charge >= 0.3 is 6.03 Å². The van der Waals surface area contributed by atoms with Crippen LogP contribution in [0.15, 0.2) is 41.4 Å². The molecule has 2 aromatic carbocycles. The quantitative estimate of drug-likeness (QED) is 0.181. The number of anilines is 2. The van der Waals surface area contributed by atoms with Crippen molar-refractivity contribution in [1.29, 1.82) is 0 Å². The van der Waals surface area contributed by atoms with Gasteiger partial charge in [-0.2, -0.15) is 0 Å². The fourth-order valence-corrected chi connectivity index (χ4v) is 6.51. The minimum Gasteiger partial charge on any atom is -0.371 e. The molecule has 1 saturated carbocycles. The van der Waals surface area contributed by atoms with Crippen molar-refractivity contribution >= 4 is 68.7 Å². The van der Waals surface area contributed by atoms with Gasteiger partial charge in [-0.3, -0.25) is 0 Å². The zero-order valence-corrected chi connectivity index (χ0v) is 31.1. The van der Waals surface area contributed by atoms with Crippen LogP contribution in [-0.4, -0.2) is 68.4 Å². The van der Waals surface area contributed by atoms with E-state index in [1.54, 1.807) is 18.2 Å². The van der Waals surface area contributed by atoms with E-state index in [0.29, 0.717) is 12.1 Å². The zero-order chi connectivity index (χ0) is 32.8. The standard InChI is InChI=1S/C16H23FIN3O.C13H17FIN.C4H7NO/c1-11(2)19-16(22)21-6-4-14(5-7-21)20(3)15-9-12(17)8-13(18)10-15;1-16(12-5-3-2-4-6-12)13-8-10(14)7-11(15)9-13;1-4(2)5-3-6/h8-11,14H,4-7H2,1-3H3,(H,19,22);7-9,12H,2-6H2,1H3;4H,1-2H3. The molecular formula is C33H47F2I2N5O2. The summed E-state index contributed by atoms with van der Waals surface area (Å²) in [4.78, 5) is 30.9. The smallest absolute Gasteiger partial charge is 0.317 e. The number of carbonyl (C=O) groups excluding carboxylic acids is 2. The molecule has 0 bridgehead atoms. The molecule has 2 aliphatic rings. The van der Waals surface area contributed by atoms with Crippen LogP contribution in [0.25, 0.3) is 0 Å². The van der Waals surface area contributed by atoms with Crippen LogP contribution in [0.2, 0.25) is 0 Å². The highest BCUT2D eigenvalue weighted by Gasteiger charge is 2.26. The molecule has 7 nitrogen and oxygen atoms in total. The molecule has 244 valence electrons. The number of amides is 2. The Bertz CT molecular complexity index is 1190. The average Bonchev–Trinajstić information content (AvgIpc) is 2.96. The van der Waals surface area contributed by atoms with E-state index in [0.717, 1.165) is 44.4 Å². The van der Waals surface area contributed by atoms with Crippen molar-refractivity contribution in [1.82, 2.24) is 10.2 Å². The number of nitrogens with zero attached hydrogens (tertiary/aromatic N) is 4. The summed E-state index contributed by atoms with van der Waals surface area (Å²) in [7, 11) is 4.08.